The molecular weight excluding hydrogens is 419 g/mol. The highest BCUT2D eigenvalue weighted by atomic mass is 19.1. The van der Waals surface area contributed by atoms with Crippen LogP contribution in [0.3, 0.4) is 0 Å². The van der Waals surface area contributed by atoms with E-state index < -0.39 is 17.8 Å². The van der Waals surface area contributed by atoms with Crippen LogP contribution in [0.4, 0.5) is 16.0 Å². The van der Waals surface area contributed by atoms with Crippen LogP contribution >= 0.6 is 0 Å². The fourth-order valence-electron chi connectivity index (χ4n) is 4.29. The van der Waals surface area contributed by atoms with Gasteiger partial charge in [-0.3, -0.25) is 19.1 Å². The van der Waals surface area contributed by atoms with Crippen molar-refractivity contribution in [2.24, 2.45) is 0 Å². The molecule has 2 heterocycles. The van der Waals surface area contributed by atoms with E-state index in [1.54, 1.807) is 17.9 Å². The first kappa shape index (κ1) is 20.9. The molecule has 1 aliphatic rings. The molecule has 166 valence electrons. The third-order valence-electron chi connectivity index (χ3n) is 5.93. The van der Waals surface area contributed by atoms with Gasteiger partial charge in [-0.05, 0) is 48.7 Å². The second-order valence-corrected chi connectivity index (χ2v) is 8.25. The van der Waals surface area contributed by atoms with Crippen LogP contribution in [0.25, 0.3) is 11.0 Å². The van der Waals surface area contributed by atoms with E-state index in [1.165, 1.54) is 12.1 Å². The fourth-order valence-corrected chi connectivity index (χ4v) is 4.29. The van der Waals surface area contributed by atoms with E-state index >= 15 is 0 Å². The molecule has 33 heavy (non-hydrogen) atoms. The maximum atomic E-state index is 14.2. The number of hydrogen-bond donors (Lipinski definition) is 1. The predicted octanol–water partition coefficient (Wildman–Crippen LogP) is 4.64. The van der Waals surface area contributed by atoms with Gasteiger partial charge in [0.15, 0.2) is 0 Å². The Hall–Kier alpha value is -4.00. The number of nitrogens with zero attached hydrogens (tertiary/aromatic N) is 3. The van der Waals surface area contributed by atoms with Crippen molar-refractivity contribution in [1.82, 2.24) is 9.55 Å². The zero-order valence-electron chi connectivity index (χ0n) is 18.2. The third-order valence-corrected chi connectivity index (χ3v) is 5.93. The number of anilines is 2. The van der Waals surface area contributed by atoms with Crippen LogP contribution in [0.2, 0.25) is 0 Å². The summed E-state index contributed by atoms with van der Waals surface area (Å²) >= 11 is 0. The molecular formula is C26H23FN4O2. The zero-order chi connectivity index (χ0) is 22.9. The number of imidazole rings is 1. The van der Waals surface area contributed by atoms with Gasteiger partial charge in [0, 0.05) is 6.54 Å². The van der Waals surface area contributed by atoms with Crippen molar-refractivity contribution < 1.29 is 14.0 Å². The number of nitrogens with one attached hydrogen (secondary N) is 1. The monoisotopic (exact) mass is 442 g/mol. The summed E-state index contributed by atoms with van der Waals surface area (Å²) in [6.45, 7) is 2.23. The molecule has 0 saturated carbocycles. The van der Waals surface area contributed by atoms with Crippen molar-refractivity contribution in [3.05, 3.63) is 89.7 Å². The van der Waals surface area contributed by atoms with Gasteiger partial charge in [-0.1, -0.05) is 48.5 Å². The second kappa shape index (κ2) is 8.50. The number of carbonyl (C=O) groups excluding carboxylic acids is 2. The highest BCUT2D eigenvalue weighted by molar-refractivity contribution is 6.05. The number of para-hydroxylation sites is 2. The van der Waals surface area contributed by atoms with E-state index in [-0.39, 0.29) is 18.0 Å². The van der Waals surface area contributed by atoms with E-state index in [9.17, 15) is 14.0 Å². The minimum absolute atomic E-state index is 0.104. The summed E-state index contributed by atoms with van der Waals surface area (Å²) in [4.78, 5) is 32.6. The largest absolute Gasteiger partial charge is 0.324 e. The molecule has 1 N–H and O–H groups in total. The topological polar surface area (TPSA) is 67.2 Å². The van der Waals surface area contributed by atoms with Crippen LogP contribution < -0.4 is 10.2 Å². The molecule has 0 saturated heterocycles. The lowest BCUT2D eigenvalue weighted by Crippen LogP contribution is -2.33. The van der Waals surface area contributed by atoms with E-state index in [1.807, 2.05) is 59.2 Å². The highest BCUT2D eigenvalue weighted by Gasteiger charge is 2.40. The summed E-state index contributed by atoms with van der Waals surface area (Å²) in [5.74, 6) is -0.570. The summed E-state index contributed by atoms with van der Waals surface area (Å²) in [6.07, 6.45) is 0.560. The fraction of sp³-hybridized carbons (Fsp3) is 0.192. The van der Waals surface area contributed by atoms with Gasteiger partial charge in [0.05, 0.1) is 23.1 Å². The van der Waals surface area contributed by atoms with Crippen molar-refractivity contribution in [2.75, 3.05) is 16.8 Å². The van der Waals surface area contributed by atoms with Gasteiger partial charge in [0.1, 0.15) is 11.9 Å². The Morgan fingerprint density at radius 3 is 2.61 bits per heavy atom. The molecule has 6 nitrogen and oxygen atoms in total. The van der Waals surface area contributed by atoms with Crippen LogP contribution in [0, 0.1) is 12.7 Å². The first-order valence-corrected chi connectivity index (χ1v) is 10.9. The third kappa shape index (κ3) is 3.98. The number of aryl methyl sites for hydroxylation is 1. The van der Waals surface area contributed by atoms with Gasteiger partial charge in [0.2, 0.25) is 11.9 Å². The predicted molar refractivity (Wildman–Crippen MR) is 126 cm³/mol. The Kier molecular flexibility index (Phi) is 5.38. The van der Waals surface area contributed by atoms with Gasteiger partial charge in [-0.25, -0.2) is 9.37 Å². The molecule has 0 unspecified atom stereocenters. The van der Waals surface area contributed by atoms with Crippen molar-refractivity contribution in [3.63, 3.8) is 0 Å². The average molecular weight is 442 g/mol. The lowest BCUT2D eigenvalue weighted by molar-refractivity contribution is -0.124. The molecule has 0 spiro atoms. The SMILES string of the molecule is Cc1ccc(NC(=O)C[C@H]2C(=O)N(CCc3ccccc3)c3nc4ccccc4n32)c(F)c1. The van der Waals surface area contributed by atoms with Crippen LogP contribution in [0.15, 0.2) is 72.8 Å². The molecule has 0 aliphatic carbocycles. The average Bonchev–Trinajstić information content (AvgIpc) is 3.30. The maximum Gasteiger partial charge on any atom is 0.253 e. The summed E-state index contributed by atoms with van der Waals surface area (Å²) in [6, 6.07) is 21.4. The van der Waals surface area contributed by atoms with Crippen LogP contribution in [0.5, 0.6) is 0 Å². The molecule has 4 aromatic rings. The highest BCUT2D eigenvalue weighted by Crippen LogP contribution is 2.36. The Morgan fingerprint density at radius 2 is 1.82 bits per heavy atom. The standard InChI is InChI=1S/C26H23FN4O2/c1-17-11-12-20(19(27)15-17)28-24(32)16-23-25(33)30(14-13-18-7-3-2-4-8-18)26-29-21-9-5-6-10-22(21)31(23)26/h2-12,15,23H,13-14,16H2,1H3,(H,28,32)/t23-/m0/s1. The summed E-state index contributed by atoms with van der Waals surface area (Å²) in [7, 11) is 0. The molecule has 1 aromatic heterocycles. The minimum Gasteiger partial charge on any atom is -0.324 e. The van der Waals surface area contributed by atoms with Crippen LogP contribution in [-0.4, -0.2) is 27.9 Å². The van der Waals surface area contributed by atoms with Crippen molar-refractivity contribution in [2.45, 2.75) is 25.8 Å². The summed E-state index contributed by atoms with van der Waals surface area (Å²) < 4.78 is 16.0. The van der Waals surface area contributed by atoms with Gasteiger partial charge in [-0.15, -0.1) is 0 Å². The number of carbonyl (C=O) groups is 2. The van der Waals surface area contributed by atoms with Crippen LogP contribution in [-0.2, 0) is 16.0 Å². The number of benzene rings is 3. The number of amides is 2. The van der Waals surface area contributed by atoms with Crippen molar-refractivity contribution >= 4 is 34.5 Å². The second-order valence-electron chi connectivity index (χ2n) is 8.25. The molecule has 1 aliphatic heterocycles. The molecule has 2 amide bonds. The number of hydrogen-bond acceptors (Lipinski definition) is 3. The lowest BCUT2D eigenvalue weighted by Gasteiger charge is -2.16. The zero-order valence-corrected chi connectivity index (χ0v) is 18.2. The van der Waals surface area contributed by atoms with E-state index in [4.69, 9.17) is 0 Å². The first-order valence-electron chi connectivity index (χ1n) is 10.9. The molecule has 7 heteroatoms. The normalized spacial score (nSPS) is 15.2. The van der Waals surface area contributed by atoms with Gasteiger partial charge >= 0.3 is 0 Å². The van der Waals surface area contributed by atoms with Crippen LogP contribution in [0.1, 0.15) is 23.6 Å². The maximum absolute atomic E-state index is 14.2. The van der Waals surface area contributed by atoms with E-state index in [0.717, 1.165) is 22.2 Å². The molecule has 3 aromatic carbocycles. The Bertz CT molecular complexity index is 1350. The Morgan fingerprint density at radius 1 is 1.06 bits per heavy atom. The number of rotatable bonds is 6. The smallest absolute Gasteiger partial charge is 0.253 e. The summed E-state index contributed by atoms with van der Waals surface area (Å²) in [5, 5.41) is 2.61. The van der Waals surface area contributed by atoms with Crippen molar-refractivity contribution in [1.29, 1.82) is 0 Å². The number of fused-ring (bicyclic) bond motifs is 3. The Labute approximate surface area is 190 Å². The molecule has 5 rings (SSSR count). The molecule has 1 atom stereocenters. The molecule has 0 bridgehead atoms. The Balaban J connectivity index is 1.42. The minimum atomic E-state index is -0.739. The first-order chi connectivity index (χ1) is 16.0. The molecule has 0 radical (unpaired) electrons. The van der Waals surface area contributed by atoms with Crippen molar-refractivity contribution in [3.8, 4) is 0 Å². The summed E-state index contributed by atoms with van der Waals surface area (Å²) in [5.41, 5.74) is 3.54. The number of aromatic nitrogens is 2. The quantitative estimate of drug-likeness (QED) is 0.473. The van der Waals surface area contributed by atoms with Gasteiger partial charge in [0.25, 0.3) is 5.91 Å². The number of halogens is 1. The van der Waals surface area contributed by atoms with E-state index in [2.05, 4.69) is 10.3 Å². The van der Waals surface area contributed by atoms with Gasteiger partial charge < -0.3 is 5.32 Å². The lowest BCUT2D eigenvalue weighted by atomic mass is 10.1. The van der Waals surface area contributed by atoms with Gasteiger partial charge in [-0.2, -0.15) is 0 Å². The van der Waals surface area contributed by atoms with E-state index in [0.29, 0.717) is 18.9 Å². The molecule has 0 fully saturated rings.